The predicted octanol–water partition coefficient (Wildman–Crippen LogP) is 2.09. The number of amides is 1. The third-order valence-electron chi connectivity index (χ3n) is 2.30. The minimum absolute atomic E-state index is 0.187. The van der Waals surface area contributed by atoms with Gasteiger partial charge < -0.3 is 5.32 Å². The highest BCUT2D eigenvalue weighted by Gasteiger charge is 2.07. The Balaban J connectivity index is 3.09. The number of nitrogens with zero attached hydrogens (tertiary/aromatic N) is 1. The smallest absolute Gasteiger partial charge is 0.221 e. The maximum atomic E-state index is 11.4. The van der Waals surface area contributed by atoms with Crippen LogP contribution in [-0.4, -0.2) is 16.7 Å². The maximum absolute atomic E-state index is 11.4. The van der Waals surface area contributed by atoms with Gasteiger partial charge in [-0.1, -0.05) is 12.1 Å². The van der Waals surface area contributed by atoms with E-state index in [1.807, 2.05) is 25.1 Å². The highest BCUT2D eigenvalue weighted by molar-refractivity contribution is 5.99. The van der Waals surface area contributed by atoms with E-state index in [4.69, 9.17) is 0 Å². The topological polar surface area (TPSA) is 59.1 Å². The molecule has 1 heterocycles. The predicted molar refractivity (Wildman–Crippen MR) is 70.5 cm³/mol. The number of pyridine rings is 1. The van der Waals surface area contributed by atoms with Crippen molar-refractivity contribution in [3.63, 3.8) is 0 Å². The first-order valence-corrected chi connectivity index (χ1v) is 5.61. The molecule has 0 unspecified atom stereocenters. The molecule has 0 bridgehead atoms. The van der Waals surface area contributed by atoms with Gasteiger partial charge in [0.1, 0.15) is 0 Å². The zero-order valence-electron chi connectivity index (χ0n) is 10.7. The molecule has 0 atom stereocenters. The first-order chi connectivity index (χ1) is 8.54. The van der Waals surface area contributed by atoms with E-state index in [1.165, 1.54) is 13.8 Å². The molecule has 0 radical (unpaired) electrons. The summed E-state index contributed by atoms with van der Waals surface area (Å²) in [7, 11) is 0. The van der Waals surface area contributed by atoms with Gasteiger partial charge in [-0.05, 0) is 30.2 Å². The number of Topliss-reactive ketones (excluding diaryl/α,β-unsaturated/α-hetero) is 1. The normalized spacial score (nSPS) is 12.2. The van der Waals surface area contributed by atoms with Crippen molar-refractivity contribution < 1.29 is 9.59 Å². The van der Waals surface area contributed by atoms with Crippen molar-refractivity contribution in [1.29, 1.82) is 0 Å². The quantitative estimate of drug-likeness (QED) is 0.651. The molecule has 18 heavy (non-hydrogen) atoms. The van der Waals surface area contributed by atoms with E-state index >= 15 is 0 Å². The first kappa shape index (κ1) is 13.8. The van der Waals surface area contributed by atoms with Crippen LogP contribution in [0.4, 0.5) is 0 Å². The highest BCUT2D eigenvalue weighted by atomic mass is 16.2. The van der Waals surface area contributed by atoms with Gasteiger partial charge in [0, 0.05) is 26.2 Å². The molecule has 0 spiro atoms. The standard InChI is InChI=1S/C14H16N2O2/c1-4-12(13-6-5-7-15-9-13)8-14(10(2)17)16-11(3)18/h4-9H,1-3H3,(H,16,18)/b12-4+,14-8+. The number of nitrogens with one attached hydrogen (secondary N) is 1. The van der Waals surface area contributed by atoms with Crippen LogP contribution in [0.2, 0.25) is 0 Å². The molecule has 0 fully saturated rings. The molecular formula is C14H16N2O2. The van der Waals surface area contributed by atoms with Crippen molar-refractivity contribution in [2.24, 2.45) is 0 Å². The second-order valence-corrected chi connectivity index (χ2v) is 3.78. The molecule has 0 aliphatic heterocycles. The van der Waals surface area contributed by atoms with E-state index in [1.54, 1.807) is 18.5 Å². The summed E-state index contributed by atoms with van der Waals surface area (Å²) in [6, 6.07) is 3.71. The molecule has 0 saturated carbocycles. The van der Waals surface area contributed by atoms with Crippen molar-refractivity contribution in [2.75, 3.05) is 0 Å². The number of allylic oxidation sites excluding steroid dienone is 4. The summed E-state index contributed by atoms with van der Waals surface area (Å²) in [6.45, 7) is 4.65. The maximum Gasteiger partial charge on any atom is 0.221 e. The Bertz CT molecular complexity index is 502. The van der Waals surface area contributed by atoms with Gasteiger partial charge in [-0.2, -0.15) is 0 Å². The molecular weight excluding hydrogens is 228 g/mol. The lowest BCUT2D eigenvalue weighted by Crippen LogP contribution is -2.23. The SMILES string of the molecule is C/C=C(\C=C(\NC(C)=O)C(C)=O)c1cccnc1. The minimum Gasteiger partial charge on any atom is -0.323 e. The Hall–Kier alpha value is -2.23. The third-order valence-corrected chi connectivity index (χ3v) is 2.30. The van der Waals surface area contributed by atoms with E-state index in [9.17, 15) is 9.59 Å². The van der Waals surface area contributed by atoms with Crippen molar-refractivity contribution >= 4 is 17.3 Å². The van der Waals surface area contributed by atoms with Crippen LogP contribution in [-0.2, 0) is 9.59 Å². The second kappa shape index (κ2) is 6.49. The van der Waals surface area contributed by atoms with Crippen molar-refractivity contribution in [3.05, 3.63) is 47.9 Å². The van der Waals surface area contributed by atoms with E-state index < -0.39 is 0 Å². The Morgan fingerprint density at radius 1 is 1.33 bits per heavy atom. The lowest BCUT2D eigenvalue weighted by Gasteiger charge is -2.07. The molecule has 1 amide bonds. The van der Waals surface area contributed by atoms with Gasteiger partial charge in [0.05, 0.1) is 5.70 Å². The van der Waals surface area contributed by atoms with Crippen LogP contribution in [0, 0.1) is 0 Å². The Morgan fingerprint density at radius 2 is 2.06 bits per heavy atom. The summed E-state index contributed by atoms with van der Waals surface area (Å²) in [5, 5.41) is 2.53. The lowest BCUT2D eigenvalue weighted by atomic mass is 10.1. The van der Waals surface area contributed by atoms with Crippen molar-refractivity contribution in [2.45, 2.75) is 20.8 Å². The molecule has 0 aromatic carbocycles. The molecule has 0 saturated heterocycles. The molecule has 94 valence electrons. The van der Waals surface area contributed by atoms with Gasteiger partial charge in [-0.15, -0.1) is 0 Å². The van der Waals surface area contributed by atoms with Crippen LogP contribution >= 0.6 is 0 Å². The van der Waals surface area contributed by atoms with Crippen LogP contribution in [0.25, 0.3) is 5.57 Å². The molecule has 4 heteroatoms. The number of aromatic nitrogens is 1. The van der Waals surface area contributed by atoms with E-state index in [-0.39, 0.29) is 17.4 Å². The second-order valence-electron chi connectivity index (χ2n) is 3.78. The lowest BCUT2D eigenvalue weighted by molar-refractivity contribution is -0.121. The minimum atomic E-state index is -0.266. The largest absolute Gasteiger partial charge is 0.323 e. The van der Waals surface area contributed by atoms with Gasteiger partial charge >= 0.3 is 0 Å². The Morgan fingerprint density at radius 3 is 2.50 bits per heavy atom. The van der Waals surface area contributed by atoms with Gasteiger partial charge in [0.15, 0.2) is 5.78 Å². The highest BCUT2D eigenvalue weighted by Crippen LogP contribution is 2.15. The van der Waals surface area contributed by atoms with Gasteiger partial charge in [-0.3, -0.25) is 14.6 Å². The average molecular weight is 244 g/mol. The van der Waals surface area contributed by atoms with Crippen LogP contribution < -0.4 is 5.32 Å². The van der Waals surface area contributed by atoms with Crippen LogP contribution in [0.15, 0.2) is 42.4 Å². The summed E-state index contributed by atoms with van der Waals surface area (Å²) in [5.74, 6) is -0.452. The first-order valence-electron chi connectivity index (χ1n) is 5.61. The third kappa shape index (κ3) is 3.97. The number of carbonyl (C=O) groups excluding carboxylic acids is 2. The fraction of sp³-hybridized carbons (Fsp3) is 0.214. The van der Waals surface area contributed by atoms with Gasteiger partial charge in [0.25, 0.3) is 0 Å². The van der Waals surface area contributed by atoms with E-state index in [2.05, 4.69) is 10.3 Å². The van der Waals surface area contributed by atoms with Crippen LogP contribution in [0.1, 0.15) is 26.3 Å². The summed E-state index contributed by atoms with van der Waals surface area (Å²) in [6.07, 6.45) is 6.90. The van der Waals surface area contributed by atoms with E-state index in [0.717, 1.165) is 11.1 Å². The Labute approximate surface area is 106 Å². The molecule has 4 nitrogen and oxygen atoms in total. The summed E-state index contributed by atoms with van der Waals surface area (Å²) < 4.78 is 0. The number of carbonyl (C=O) groups is 2. The molecule has 0 aliphatic carbocycles. The monoisotopic (exact) mass is 244 g/mol. The summed E-state index contributed by atoms with van der Waals surface area (Å²) >= 11 is 0. The molecule has 1 rings (SSSR count). The van der Waals surface area contributed by atoms with Crippen molar-refractivity contribution in [1.82, 2.24) is 10.3 Å². The fourth-order valence-corrected chi connectivity index (χ4v) is 1.44. The summed E-state index contributed by atoms with van der Waals surface area (Å²) in [4.78, 5) is 26.5. The summed E-state index contributed by atoms with van der Waals surface area (Å²) in [5.41, 5.74) is 2.01. The number of rotatable bonds is 4. The average Bonchev–Trinajstić information content (AvgIpc) is 2.34. The molecule has 1 aromatic rings. The number of ketones is 1. The number of hydrogen-bond donors (Lipinski definition) is 1. The molecule has 1 N–H and O–H groups in total. The van der Waals surface area contributed by atoms with Gasteiger partial charge in [0.2, 0.25) is 5.91 Å². The van der Waals surface area contributed by atoms with Gasteiger partial charge in [-0.25, -0.2) is 0 Å². The van der Waals surface area contributed by atoms with E-state index in [0.29, 0.717) is 0 Å². The number of hydrogen-bond acceptors (Lipinski definition) is 3. The zero-order valence-corrected chi connectivity index (χ0v) is 10.7. The molecule has 0 aliphatic rings. The molecule has 1 aromatic heterocycles. The Kier molecular flexibility index (Phi) is 4.99. The van der Waals surface area contributed by atoms with Crippen molar-refractivity contribution in [3.8, 4) is 0 Å². The van der Waals surface area contributed by atoms with Crippen LogP contribution in [0.3, 0.4) is 0 Å². The fourth-order valence-electron chi connectivity index (χ4n) is 1.44. The van der Waals surface area contributed by atoms with Crippen LogP contribution in [0.5, 0.6) is 0 Å². The zero-order chi connectivity index (χ0) is 13.5.